The van der Waals surface area contributed by atoms with Gasteiger partial charge < -0.3 is 10.6 Å². The molecule has 0 spiro atoms. The van der Waals surface area contributed by atoms with E-state index in [-0.39, 0.29) is 0 Å². The lowest BCUT2D eigenvalue weighted by molar-refractivity contribution is 0.378. The van der Waals surface area contributed by atoms with Crippen molar-refractivity contribution in [2.45, 2.75) is 32.7 Å². The summed E-state index contributed by atoms with van der Waals surface area (Å²) in [4.78, 5) is 2.33. The summed E-state index contributed by atoms with van der Waals surface area (Å²) >= 11 is 0. The van der Waals surface area contributed by atoms with E-state index in [4.69, 9.17) is 11.0 Å². The molecule has 90 valence electrons. The Labute approximate surface area is 103 Å². The van der Waals surface area contributed by atoms with Gasteiger partial charge in [-0.3, -0.25) is 0 Å². The number of hydrogen-bond donors (Lipinski definition) is 1. The third-order valence-electron chi connectivity index (χ3n) is 3.65. The van der Waals surface area contributed by atoms with E-state index in [9.17, 15) is 0 Å². The van der Waals surface area contributed by atoms with Gasteiger partial charge in [-0.15, -0.1) is 0 Å². The van der Waals surface area contributed by atoms with Crippen LogP contribution in [0.15, 0.2) is 18.2 Å². The van der Waals surface area contributed by atoms with E-state index in [0.29, 0.717) is 17.3 Å². The van der Waals surface area contributed by atoms with E-state index in [0.717, 1.165) is 18.2 Å². The zero-order chi connectivity index (χ0) is 12.4. The van der Waals surface area contributed by atoms with Gasteiger partial charge in [0.05, 0.1) is 16.9 Å². The summed E-state index contributed by atoms with van der Waals surface area (Å²) in [5, 5.41) is 9.00. The van der Waals surface area contributed by atoms with Crippen molar-refractivity contribution >= 4 is 11.4 Å². The van der Waals surface area contributed by atoms with Crippen LogP contribution in [0.25, 0.3) is 0 Å². The zero-order valence-electron chi connectivity index (χ0n) is 10.5. The standard InChI is InChI=1S/C14H19N3/c1-10-6-7-17(11(2)8-10)13-5-3-4-12(9-15)14(13)16/h3-5,10-11H,6-8,16H2,1-2H3. The molecule has 1 saturated heterocycles. The molecule has 2 unspecified atom stereocenters. The van der Waals surface area contributed by atoms with Crippen LogP contribution in [0.4, 0.5) is 11.4 Å². The second-order valence-electron chi connectivity index (χ2n) is 5.02. The van der Waals surface area contributed by atoms with Crippen LogP contribution >= 0.6 is 0 Å². The summed E-state index contributed by atoms with van der Waals surface area (Å²) in [7, 11) is 0. The molecule has 1 aromatic rings. The second kappa shape index (κ2) is 4.67. The van der Waals surface area contributed by atoms with Crippen molar-refractivity contribution in [3.63, 3.8) is 0 Å². The van der Waals surface area contributed by atoms with E-state index in [1.807, 2.05) is 12.1 Å². The molecule has 1 heterocycles. The second-order valence-corrected chi connectivity index (χ2v) is 5.02. The average molecular weight is 229 g/mol. The minimum atomic E-state index is 0.495. The monoisotopic (exact) mass is 229 g/mol. The SMILES string of the molecule is CC1CCN(c2cccc(C#N)c2N)C(C)C1. The number of anilines is 2. The van der Waals surface area contributed by atoms with Gasteiger partial charge in [0.2, 0.25) is 0 Å². The first-order valence-electron chi connectivity index (χ1n) is 6.18. The summed E-state index contributed by atoms with van der Waals surface area (Å²) in [6.45, 7) is 5.55. The molecule has 0 radical (unpaired) electrons. The highest BCUT2D eigenvalue weighted by Crippen LogP contribution is 2.32. The van der Waals surface area contributed by atoms with Crippen LogP contribution in [0.3, 0.4) is 0 Å². The van der Waals surface area contributed by atoms with Gasteiger partial charge in [-0.25, -0.2) is 0 Å². The van der Waals surface area contributed by atoms with Crippen molar-refractivity contribution in [1.29, 1.82) is 5.26 Å². The number of benzene rings is 1. The predicted octanol–water partition coefficient (Wildman–Crippen LogP) is 2.77. The van der Waals surface area contributed by atoms with Gasteiger partial charge in [0, 0.05) is 12.6 Å². The number of rotatable bonds is 1. The van der Waals surface area contributed by atoms with Gasteiger partial charge in [0.15, 0.2) is 0 Å². The topological polar surface area (TPSA) is 53.0 Å². The minimum absolute atomic E-state index is 0.495. The molecular formula is C14H19N3. The Morgan fingerprint density at radius 1 is 1.41 bits per heavy atom. The van der Waals surface area contributed by atoms with Gasteiger partial charge in [0.1, 0.15) is 6.07 Å². The van der Waals surface area contributed by atoms with E-state index >= 15 is 0 Å². The maximum absolute atomic E-state index is 9.00. The van der Waals surface area contributed by atoms with Gasteiger partial charge >= 0.3 is 0 Å². The van der Waals surface area contributed by atoms with E-state index in [2.05, 4.69) is 24.8 Å². The molecule has 0 bridgehead atoms. The molecule has 1 fully saturated rings. The number of nitrogens with two attached hydrogens (primary N) is 1. The summed E-state index contributed by atoms with van der Waals surface area (Å²) < 4.78 is 0. The van der Waals surface area contributed by atoms with Gasteiger partial charge in [-0.05, 0) is 37.8 Å². The summed E-state index contributed by atoms with van der Waals surface area (Å²) in [6, 6.07) is 8.34. The molecule has 2 N–H and O–H groups in total. The molecule has 0 aliphatic carbocycles. The molecule has 0 amide bonds. The van der Waals surface area contributed by atoms with E-state index in [1.54, 1.807) is 6.07 Å². The molecule has 2 atom stereocenters. The van der Waals surface area contributed by atoms with Crippen molar-refractivity contribution in [3.8, 4) is 6.07 Å². The quantitative estimate of drug-likeness (QED) is 0.753. The van der Waals surface area contributed by atoms with Crippen LogP contribution < -0.4 is 10.6 Å². The fourth-order valence-corrected chi connectivity index (χ4v) is 2.67. The summed E-state index contributed by atoms with van der Waals surface area (Å²) in [6.07, 6.45) is 2.39. The average Bonchev–Trinajstić information content (AvgIpc) is 2.30. The first kappa shape index (κ1) is 11.8. The Balaban J connectivity index is 2.32. The minimum Gasteiger partial charge on any atom is -0.396 e. The molecule has 0 aromatic heterocycles. The van der Waals surface area contributed by atoms with Crippen molar-refractivity contribution in [2.24, 2.45) is 5.92 Å². The Morgan fingerprint density at radius 3 is 2.82 bits per heavy atom. The fourth-order valence-electron chi connectivity index (χ4n) is 2.67. The molecule has 3 nitrogen and oxygen atoms in total. The van der Waals surface area contributed by atoms with Crippen molar-refractivity contribution in [1.82, 2.24) is 0 Å². The third kappa shape index (κ3) is 2.21. The van der Waals surface area contributed by atoms with Gasteiger partial charge in [0.25, 0.3) is 0 Å². The predicted molar refractivity (Wildman–Crippen MR) is 70.8 cm³/mol. The van der Waals surface area contributed by atoms with Crippen LogP contribution in [0.2, 0.25) is 0 Å². The lowest BCUT2D eigenvalue weighted by Gasteiger charge is -2.39. The van der Waals surface area contributed by atoms with Crippen LogP contribution in [-0.2, 0) is 0 Å². The van der Waals surface area contributed by atoms with E-state index < -0.39 is 0 Å². The Kier molecular flexibility index (Phi) is 3.23. The Bertz CT molecular complexity index is 447. The number of nitrogen functional groups attached to an aromatic ring is 1. The number of hydrogen-bond acceptors (Lipinski definition) is 3. The Hall–Kier alpha value is -1.69. The lowest BCUT2D eigenvalue weighted by atomic mass is 9.92. The largest absolute Gasteiger partial charge is 0.396 e. The van der Waals surface area contributed by atoms with Gasteiger partial charge in [-0.2, -0.15) is 5.26 Å². The van der Waals surface area contributed by atoms with Gasteiger partial charge in [-0.1, -0.05) is 13.0 Å². The van der Waals surface area contributed by atoms with E-state index in [1.165, 1.54) is 12.8 Å². The molecule has 1 aliphatic rings. The maximum atomic E-state index is 9.00. The first-order valence-corrected chi connectivity index (χ1v) is 6.18. The van der Waals surface area contributed by atoms with Crippen molar-refractivity contribution in [2.75, 3.05) is 17.2 Å². The van der Waals surface area contributed by atoms with Crippen LogP contribution in [-0.4, -0.2) is 12.6 Å². The fraction of sp³-hybridized carbons (Fsp3) is 0.500. The molecule has 17 heavy (non-hydrogen) atoms. The number of para-hydroxylation sites is 1. The molecule has 0 saturated carbocycles. The maximum Gasteiger partial charge on any atom is 0.101 e. The van der Waals surface area contributed by atoms with Crippen molar-refractivity contribution < 1.29 is 0 Å². The molecule has 3 heteroatoms. The lowest BCUT2D eigenvalue weighted by Crippen LogP contribution is -2.40. The van der Waals surface area contributed by atoms with Crippen LogP contribution in [0, 0.1) is 17.2 Å². The molecule has 2 rings (SSSR count). The summed E-state index contributed by atoms with van der Waals surface area (Å²) in [5.41, 5.74) is 8.27. The highest BCUT2D eigenvalue weighted by atomic mass is 15.2. The van der Waals surface area contributed by atoms with Crippen LogP contribution in [0.1, 0.15) is 32.3 Å². The van der Waals surface area contributed by atoms with Crippen molar-refractivity contribution in [3.05, 3.63) is 23.8 Å². The molecular weight excluding hydrogens is 210 g/mol. The molecule has 1 aliphatic heterocycles. The summed E-state index contributed by atoms with van der Waals surface area (Å²) in [5.74, 6) is 0.779. The highest BCUT2D eigenvalue weighted by molar-refractivity contribution is 5.74. The zero-order valence-corrected chi connectivity index (χ0v) is 10.5. The highest BCUT2D eigenvalue weighted by Gasteiger charge is 2.24. The third-order valence-corrected chi connectivity index (χ3v) is 3.65. The first-order chi connectivity index (χ1) is 8.13. The molecule has 1 aromatic carbocycles. The smallest absolute Gasteiger partial charge is 0.101 e. The number of piperidine rings is 1. The number of nitriles is 1. The van der Waals surface area contributed by atoms with Crippen LogP contribution in [0.5, 0.6) is 0 Å². The Morgan fingerprint density at radius 2 is 2.18 bits per heavy atom. The number of nitrogens with zero attached hydrogens (tertiary/aromatic N) is 2. The normalized spacial score (nSPS) is 24.4.